The van der Waals surface area contributed by atoms with Crippen LogP contribution >= 0.6 is 0 Å². The second-order valence-electron chi connectivity index (χ2n) is 6.66. The van der Waals surface area contributed by atoms with Crippen LogP contribution in [0.15, 0.2) is 59.0 Å². The van der Waals surface area contributed by atoms with E-state index in [0.29, 0.717) is 5.56 Å². The minimum Gasteiger partial charge on any atom is -0.419 e. The van der Waals surface area contributed by atoms with Crippen LogP contribution in [0.2, 0.25) is 0 Å². The molecule has 1 aliphatic heterocycles. The molecule has 0 aliphatic carbocycles. The van der Waals surface area contributed by atoms with Crippen LogP contribution in [0, 0.1) is 6.92 Å². The number of ether oxygens (including phenoxy) is 2. The first-order valence-corrected chi connectivity index (χ1v) is 9.76. The Bertz CT molecular complexity index is 1020. The van der Waals surface area contributed by atoms with Gasteiger partial charge in [-0.15, -0.1) is 0 Å². The van der Waals surface area contributed by atoms with Crippen LogP contribution in [-0.2, 0) is 29.2 Å². The molecule has 0 bridgehead atoms. The third kappa shape index (κ3) is 4.40. The molecule has 0 saturated carbocycles. The molecule has 1 heterocycles. The highest BCUT2D eigenvalue weighted by atomic mass is 32.2. The highest BCUT2D eigenvalue weighted by Crippen LogP contribution is 2.25. The molecular formula is C20H18O7S. The van der Waals surface area contributed by atoms with Crippen LogP contribution in [0.1, 0.15) is 25.0 Å². The maximum absolute atomic E-state index is 12.3. The Balaban J connectivity index is 1.78. The summed E-state index contributed by atoms with van der Waals surface area (Å²) in [4.78, 5) is 24.0. The zero-order chi connectivity index (χ0) is 20.5. The van der Waals surface area contributed by atoms with Crippen molar-refractivity contribution >= 4 is 28.1 Å². The Morgan fingerprint density at radius 2 is 1.43 bits per heavy atom. The molecule has 3 rings (SSSR count). The summed E-state index contributed by atoms with van der Waals surface area (Å²) in [7, 11) is -3.96. The molecule has 0 spiro atoms. The number of carbonyl (C=O) groups is 2. The van der Waals surface area contributed by atoms with Gasteiger partial charge in [-0.1, -0.05) is 29.8 Å². The van der Waals surface area contributed by atoms with Crippen molar-refractivity contribution in [3.63, 3.8) is 0 Å². The smallest absolute Gasteiger partial charge is 0.348 e. The molecule has 0 unspecified atom stereocenters. The molecule has 7 nitrogen and oxygen atoms in total. The zero-order valence-corrected chi connectivity index (χ0v) is 16.3. The van der Waals surface area contributed by atoms with Crippen molar-refractivity contribution in [2.24, 2.45) is 0 Å². The molecule has 0 atom stereocenters. The van der Waals surface area contributed by atoms with E-state index in [1.807, 2.05) is 6.92 Å². The fraction of sp³-hybridized carbons (Fsp3) is 0.200. The van der Waals surface area contributed by atoms with Crippen molar-refractivity contribution in [3.05, 3.63) is 65.2 Å². The number of benzene rings is 2. The summed E-state index contributed by atoms with van der Waals surface area (Å²) in [6.07, 6.45) is 1.30. The quantitative estimate of drug-likeness (QED) is 0.336. The van der Waals surface area contributed by atoms with E-state index in [1.165, 1.54) is 56.3 Å². The third-order valence-corrected chi connectivity index (χ3v) is 5.08. The van der Waals surface area contributed by atoms with Gasteiger partial charge in [0.05, 0.1) is 0 Å². The SMILES string of the molecule is Cc1ccc(S(=O)(=O)Oc2ccc(C=C3C(=O)OC(C)(C)OC3=O)cc2)cc1. The van der Waals surface area contributed by atoms with Gasteiger partial charge in [-0.25, -0.2) is 9.59 Å². The summed E-state index contributed by atoms with van der Waals surface area (Å²) in [5, 5.41) is 0. The topological polar surface area (TPSA) is 96.0 Å². The lowest BCUT2D eigenvalue weighted by atomic mass is 10.1. The Labute approximate surface area is 162 Å². The molecule has 0 N–H and O–H groups in total. The van der Waals surface area contributed by atoms with Crippen LogP contribution in [0.25, 0.3) is 6.08 Å². The first-order valence-electron chi connectivity index (χ1n) is 8.35. The van der Waals surface area contributed by atoms with Crippen LogP contribution < -0.4 is 4.18 Å². The summed E-state index contributed by atoms with van der Waals surface area (Å²) in [5.41, 5.74) is 1.16. The number of carbonyl (C=O) groups excluding carboxylic acids is 2. The summed E-state index contributed by atoms with van der Waals surface area (Å²) in [6, 6.07) is 12.1. The number of rotatable bonds is 4. The lowest BCUT2D eigenvalue weighted by Gasteiger charge is -2.29. The summed E-state index contributed by atoms with van der Waals surface area (Å²) >= 11 is 0. The first kappa shape index (κ1) is 19.6. The molecule has 0 amide bonds. The maximum Gasteiger partial charge on any atom is 0.348 e. The normalized spacial score (nSPS) is 16.2. The monoisotopic (exact) mass is 402 g/mol. The van der Waals surface area contributed by atoms with Gasteiger partial charge in [0.15, 0.2) is 0 Å². The van der Waals surface area contributed by atoms with Crippen molar-refractivity contribution in [2.75, 3.05) is 0 Å². The first-order chi connectivity index (χ1) is 13.1. The highest BCUT2D eigenvalue weighted by Gasteiger charge is 2.38. The van der Waals surface area contributed by atoms with Crippen LogP contribution in [0.5, 0.6) is 5.75 Å². The third-order valence-electron chi connectivity index (χ3n) is 3.82. The largest absolute Gasteiger partial charge is 0.419 e. The van der Waals surface area contributed by atoms with Gasteiger partial charge in [0.25, 0.3) is 5.79 Å². The molecular weight excluding hydrogens is 384 g/mol. The van der Waals surface area contributed by atoms with E-state index >= 15 is 0 Å². The number of aryl methyl sites for hydroxylation is 1. The fourth-order valence-corrected chi connectivity index (χ4v) is 3.37. The molecule has 2 aromatic carbocycles. The van der Waals surface area contributed by atoms with Crippen molar-refractivity contribution in [1.82, 2.24) is 0 Å². The molecule has 146 valence electrons. The van der Waals surface area contributed by atoms with E-state index < -0.39 is 27.8 Å². The summed E-state index contributed by atoms with van der Waals surface area (Å²) in [5.74, 6) is -2.79. The van der Waals surface area contributed by atoms with Gasteiger partial charge in [-0.3, -0.25) is 0 Å². The van der Waals surface area contributed by atoms with Gasteiger partial charge in [-0.2, -0.15) is 8.42 Å². The Kier molecular flexibility index (Phi) is 4.99. The van der Waals surface area contributed by atoms with Crippen LogP contribution in [0.4, 0.5) is 0 Å². The second kappa shape index (κ2) is 7.12. The molecule has 28 heavy (non-hydrogen) atoms. The molecule has 0 aromatic heterocycles. The average Bonchev–Trinajstić information content (AvgIpc) is 2.59. The molecule has 0 radical (unpaired) electrons. The molecule has 1 fully saturated rings. The Hall–Kier alpha value is -3.13. The molecule has 8 heteroatoms. The Morgan fingerprint density at radius 1 is 0.893 bits per heavy atom. The number of esters is 2. The van der Waals surface area contributed by atoms with Crippen molar-refractivity contribution in [2.45, 2.75) is 31.5 Å². The van der Waals surface area contributed by atoms with Gasteiger partial charge in [0.1, 0.15) is 16.2 Å². The van der Waals surface area contributed by atoms with E-state index in [2.05, 4.69) is 0 Å². The lowest BCUT2D eigenvalue weighted by Crippen LogP contribution is -2.41. The number of hydrogen-bond donors (Lipinski definition) is 0. The van der Waals surface area contributed by atoms with E-state index in [-0.39, 0.29) is 16.2 Å². The van der Waals surface area contributed by atoms with Crippen LogP contribution in [-0.4, -0.2) is 26.1 Å². The standard InChI is InChI=1S/C20H18O7S/c1-13-4-10-16(11-5-13)28(23,24)27-15-8-6-14(7-9-15)12-17-18(21)25-20(2,3)26-19(17)22/h4-12H,1-3H3. The van der Waals surface area contributed by atoms with Crippen molar-refractivity contribution in [1.29, 1.82) is 0 Å². The fourth-order valence-electron chi connectivity index (χ4n) is 2.44. The van der Waals surface area contributed by atoms with E-state index in [0.717, 1.165) is 5.56 Å². The van der Waals surface area contributed by atoms with Crippen LogP contribution in [0.3, 0.4) is 0 Å². The predicted octanol–water partition coefficient (Wildman–Crippen LogP) is 2.98. The van der Waals surface area contributed by atoms with Gasteiger partial charge in [-0.05, 0) is 42.8 Å². The minimum atomic E-state index is -3.96. The molecule has 2 aromatic rings. The second-order valence-corrected chi connectivity index (χ2v) is 8.20. The Morgan fingerprint density at radius 3 is 1.96 bits per heavy atom. The number of cyclic esters (lactones) is 2. The maximum atomic E-state index is 12.3. The molecule has 1 saturated heterocycles. The summed E-state index contributed by atoms with van der Waals surface area (Å²) in [6.45, 7) is 4.77. The van der Waals surface area contributed by atoms with E-state index in [1.54, 1.807) is 12.1 Å². The minimum absolute atomic E-state index is 0.0413. The van der Waals surface area contributed by atoms with E-state index in [9.17, 15) is 18.0 Å². The predicted molar refractivity (Wildman–Crippen MR) is 99.7 cm³/mol. The average molecular weight is 402 g/mol. The number of hydrogen-bond acceptors (Lipinski definition) is 7. The van der Waals surface area contributed by atoms with Gasteiger partial charge < -0.3 is 13.7 Å². The lowest BCUT2D eigenvalue weighted by molar-refractivity contribution is -0.222. The zero-order valence-electron chi connectivity index (χ0n) is 15.5. The van der Waals surface area contributed by atoms with Gasteiger partial charge in [0, 0.05) is 13.8 Å². The van der Waals surface area contributed by atoms with Crippen molar-refractivity contribution < 1.29 is 31.7 Å². The highest BCUT2D eigenvalue weighted by molar-refractivity contribution is 7.87. The summed E-state index contributed by atoms with van der Waals surface area (Å²) < 4.78 is 39.8. The molecule has 1 aliphatic rings. The van der Waals surface area contributed by atoms with Gasteiger partial charge in [0.2, 0.25) is 0 Å². The van der Waals surface area contributed by atoms with Crippen molar-refractivity contribution in [3.8, 4) is 5.75 Å². The van der Waals surface area contributed by atoms with Gasteiger partial charge >= 0.3 is 22.1 Å². The van der Waals surface area contributed by atoms with E-state index in [4.69, 9.17) is 13.7 Å².